The molecule has 3 aromatic rings. The molecule has 1 saturated heterocycles. The number of aryl methyl sites for hydroxylation is 2. The highest BCUT2D eigenvalue weighted by molar-refractivity contribution is 6.04. The molecule has 2 amide bonds. The molecule has 1 aliphatic rings. The normalized spacial score (nSPS) is 16.0. The van der Waals surface area contributed by atoms with Crippen molar-refractivity contribution in [2.75, 3.05) is 16.3 Å². The maximum absolute atomic E-state index is 13.6. The minimum Gasteiger partial charge on any atom is -0.311 e. The molecule has 4 heteroatoms. The lowest BCUT2D eigenvalue weighted by molar-refractivity contribution is -0.124. The van der Waals surface area contributed by atoms with E-state index in [-0.39, 0.29) is 24.2 Å². The van der Waals surface area contributed by atoms with Gasteiger partial charge in [0.05, 0.1) is 12.5 Å². The zero-order chi connectivity index (χ0) is 21.1. The predicted molar refractivity (Wildman–Crippen MR) is 120 cm³/mol. The van der Waals surface area contributed by atoms with Crippen LogP contribution in [-0.4, -0.2) is 18.4 Å². The summed E-state index contributed by atoms with van der Waals surface area (Å²) in [5.74, 6) is -0.359. The minimum atomic E-state index is -0.360. The molecule has 1 aliphatic heterocycles. The fourth-order valence-electron chi connectivity index (χ4n) is 4.01. The zero-order valence-electron chi connectivity index (χ0n) is 17.4. The van der Waals surface area contributed by atoms with Crippen LogP contribution >= 0.6 is 0 Å². The molecule has 4 nitrogen and oxygen atoms in total. The van der Waals surface area contributed by atoms with Crippen molar-refractivity contribution in [1.82, 2.24) is 0 Å². The molecule has 4 rings (SSSR count). The van der Waals surface area contributed by atoms with Crippen LogP contribution in [0.4, 0.5) is 11.4 Å². The van der Waals surface area contributed by atoms with Gasteiger partial charge >= 0.3 is 0 Å². The minimum absolute atomic E-state index is 0.00814. The lowest BCUT2D eigenvalue weighted by atomic mass is 10.1. The Kier molecular flexibility index (Phi) is 5.66. The van der Waals surface area contributed by atoms with Crippen molar-refractivity contribution >= 4 is 23.2 Å². The Morgan fingerprint density at radius 2 is 1.63 bits per heavy atom. The van der Waals surface area contributed by atoms with E-state index in [1.54, 1.807) is 9.80 Å². The van der Waals surface area contributed by atoms with Gasteiger partial charge in [-0.25, -0.2) is 0 Å². The third-order valence-corrected chi connectivity index (χ3v) is 5.65. The number of carbonyl (C=O) groups is 2. The van der Waals surface area contributed by atoms with Crippen LogP contribution in [0.2, 0.25) is 0 Å². The van der Waals surface area contributed by atoms with Crippen molar-refractivity contribution < 1.29 is 9.59 Å². The second kappa shape index (κ2) is 8.54. The molecule has 30 heavy (non-hydrogen) atoms. The van der Waals surface area contributed by atoms with Crippen molar-refractivity contribution in [2.24, 2.45) is 5.92 Å². The van der Waals surface area contributed by atoms with Gasteiger partial charge in [0, 0.05) is 24.3 Å². The van der Waals surface area contributed by atoms with E-state index >= 15 is 0 Å². The molecule has 0 aliphatic carbocycles. The molecule has 1 fully saturated rings. The SMILES string of the molecule is Cc1ccc(C)c(N2CC(C(=O)N(Cc3ccccc3)c3ccccc3)CC2=O)c1. The van der Waals surface area contributed by atoms with Crippen molar-refractivity contribution in [3.8, 4) is 0 Å². The number of amides is 2. The fraction of sp³-hybridized carbons (Fsp3) is 0.231. The molecule has 1 unspecified atom stereocenters. The Hall–Kier alpha value is -3.40. The van der Waals surface area contributed by atoms with Gasteiger partial charge in [0.2, 0.25) is 11.8 Å². The average Bonchev–Trinajstić information content (AvgIpc) is 3.16. The van der Waals surface area contributed by atoms with Crippen molar-refractivity contribution in [2.45, 2.75) is 26.8 Å². The molecule has 0 spiro atoms. The summed E-state index contributed by atoms with van der Waals surface area (Å²) >= 11 is 0. The van der Waals surface area contributed by atoms with Gasteiger partial charge in [0.1, 0.15) is 0 Å². The van der Waals surface area contributed by atoms with Crippen molar-refractivity contribution in [3.05, 3.63) is 95.6 Å². The fourth-order valence-corrected chi connectivity index (χ4v) is 4.01. The summed E-state index contributed by atoms with van der Waals surface area (Å²) in [6.07, 6.45) is 0.240. The number of para-hydroxylation sites is 1. The Labute approximate surface area is 177 Å². The van der Waals surface area contributed by atoms with Crippen LogP contribution in [0.15, 0.2) is 78.9 Å². The highest BCUT2D eigenvalue weighted by Crippen LogP contribution is 2.31. The maximum Gasteiger partial charge on any atom is 0.232 e. The van der Waals surface area contributed by atoms with E-state index < -0.39 is 0 Å². The molecule has 0 N–H and O–H groups in total. The van der Waals surface area contributed by atoms with E-state index in [0.29, 0.717) is 13.1 Å². The third kappa shape index (κ3) is 4.13. The second-order valence-corrected chi connectivity index (χ2v) is 7.94. The van der Waals surface area contributed by atoms with Crippen LogP contribution < -0.4 is 9.80 Å². The van der Waals surface area contributed by atoms with Gasteiger partial charge in [-0.3, -0.25) is 9.59 Å². The first-order chi connectivity index (χ1) is 14.5. The summed E-state index contributed by atoms with van der Waals surface area (Å²) in [4.78, 5) is 30.0. The quantitative estimate of drug-likeness (QED) is 0.614. The largest absolute Gasteiger partial charge is 0.311 e. The van der Waals surface area contributed by atoms with Crippen LogP contribution in [0.5, 0.6) is 0 Å². The Morgan fingerprint density at radius 3 is 2.33 bits per heavy atom. The molecule has 1 heterocycles. The van der Waals surface area contributed by atoms with Crippen LogP contribution in [0, 0.1) is 19.8 Å². The Bertz CT molecular complexity index is 1050. The van der Waals surface area contributed by atoms with Gasteiger partial charge < -0.3 is 9.80 Å². The van der Waals surface area contributed by atoms with Crippen LogP contribution in [0.25, 0.3) is 0 Å². The Morgan fingerprint density at radius 1 is 0.967 bits per heavy atom. The van der Waals surface area contributed by atoms with Crippen molar-refractivity contribution in [3.63, 3.8) is 0 Å². The standard InChI is InChI=1S/C26H26N2O2/c1-19-13-14-20(2)24(15-19)28-18-22(16-25(28)29)26(30)27(23-11-7-4-8-12-23)17-21-9-5-3-6-10-21/h3-15,22H,16-18H2,1-2H3. The van der Waals surface area contributed by atoms with E-state index in [1.165, 1.54) is 0 Å². The number of hydrogen-bond donors (Lipinski definition) is 0. The van der Waals surface area contributed by atoms with Gasteiger partial charge in [-0.1, -0.05) is 60.7 Å². The lowest BCUT2D eigenvalue weighted by Gasteiger charge is -2.26. The highest BCUT2D eigenvalue weighted by atomic mass is 16.2. The topological polar surface area (TPSA) is 40.6 Å². The number of rotatable bonds is 5. The maximum atomic E-state index is 13.6. The number of nitrogens with zero attached hydrogens (tertiary/aromatic N) is 2. The predicted octanol–water partition coefficient (Wildman–Crippen LogP) is 4.89. The first-order valence-corrected chi connectivity index (χ1v) is 10.3. The molecular formula is C26H26N2O2. The molecule has 0 radical (unpaired) electrons. The monoisotopic (exact) mass is 398 g/mol. The van der Waals surface area contributed by atoms with Crippen molar-refractivity contribution in [1.29, 1.82) is 0 Å². The molecule has 0 bridgehead atoms. The number of hydrogen-bond acceptors (Lipinski definition) is 2. The molecular weight excluding hydrogens is 372 g/mol. The van der Waals surface area contributed by atoms with E-state index in [0.717, 1.165) is 28.1 Å². The van der Waals surface area contributed by atoms with Gasteiger partial charge in [-0.05, 0) is 48.7 Å². The number of anilines is 2. The molecule has 0 aromatic heterocycles. The first kappa shape index (κ1) is 19.9. The smallest absolute Gasteiger partial charge is 0.232 e. The summed E-state index contributed by atoms with van der Waals surface area (Å²) in [6.45, 7) is 4.92. The summed E-state index contributed by atoms with van der Waals surface area (Å²) in [5.41, 5.74) is 4.97. The van der Waals surface area contributed by atoms with Crippen LogP contribution in [-0.2, 0) is 16.1 Å². The number of carbonyl (C=O) groups excluding carboxylic acids is 2. The molecule has 3 aromatic carbocycles. The zero-order valence-corrected chi connectivity index (χ0v) is 17.4. The third-order valence-electron chi connectivity index (χ3n) is 5.65. The summed E-state index contributed by atoms with van der Waals surface area (Å²) < 4.78 is 0. The van der Waals surface area contributed by atoms with Gasteiger partial charge in [-0.2, -0.15) is 0 Å². The lowest BCUT2D eigenvalue weighted by Crippen LogP contribution is -2.37. The highest BCUT2D eigenvalue weighted by Gasteiger charge is 2.38. The first-order valence-electron chi connectivity index (χ1n) is 10.3. The summed E-state index contributed by atoms with van der Waals surface area (Å²) in [7, 11) is 0. The Balaban J connectivity index is 1.60. The van der Waals surface area contributed by atoms with E-state index in [9.17, 15) is 9.59 Å². The molecule has 152 valence electrons. The summed E-state index contributed by atoms with van der Waals surface area (Å²) in [5, 5.41) is 0. The van der Waals surface area contributed by atoms with Gasteiger partial charge in [0.25, 0.3) is 0 Å². The van der Waals surface area contributed by atoms with Crippen LogP contribution in [0.3, 0.4) is 0 Å². The van der Waals surface area contributed by atoms with E-state index in [2.05, 4.69) is 0 Å². The average molecular weight is 399 g/mol. The van der Waals surface area contributed by atoms with Gasteiger partial charge in [-0.15, -0.1) is 0 Å². The second-order valence-electron chi connectivity index (χ2n) is 7.94. The van der Waals surface area contributed by atoms with Crippen LogP contribution in [0.1, 0.15) is 23.1 Å². The van der Waals surface area contributed by atoms with Gasteiger partial charge in [0.15, 0.2) is 0 Å². The summed E-state index contributed by atoms with van der Waals surface area (Å²) in [6, 6.07) is 25.8. The van der Waals surface area contributed by atoms with E-state index in [1.807, 2.05) is 92.7 Å². The van der Waals surface area contributed by atoms with E-state index in [4.69, 9.17) is 0 Å². The molecule has 1 atom stereocenters. The number of benzene rings is 3. The molecule has 0 saturated carbocycles.